The van der Waals surface area contributed by atoms with Gasteiger partial charge in [-0.1, -0.05) is 31.2 Å². The molecule has 4 aromatic rings. The van der Waals surface area contributed by atoms with Gasteiger partial charge in [-0.2, -0.15) is 0 Å². The zero-order valence-corrected chi connectivity index (χ0v) is 15.1. The Kier molecular flexibility index (Phi) is 4.54. The predicted molar refractivity (Wildman–Crippen MR) is 105 cm³/mol. The maximum Gasteiger partial charge on any atom is 0.354 e. The predicted octanol–water partition coefficient (Wildman–Crippen LogP) is 3.62. The van der Waals surface area contributed by atoms with Gasteiger partial charge in [-0.3, -0.25) is 4.57 Å². The number of ether oxygens (including phenoxy) is 1. The minimum Gasteiger partial charge on any atom is -0.461 e. The number of carbonyl (C=O) groups excluding carboxylic acids is 1. The lowest BCUT2D eigenvalue weighted by Crippen LogP contribution is -2.18. The molecule has 0 aliphatic heterocycles. The third kappa shape index (κ3) is 3.38. The van der Waals surface area contributed by atoms with Gasteiger partial charge in [0.25, 0.3) is 0 Å². The monoisotopic (exact) mass is 363 g/mol. The lowest BCUT2D eigenvalue weighted by molar-refractivity contribution is 0.0490. The van der Waals surface area contributed by atoms with Gasteiger partial charge in [-0.25, -0.2) is 9.59 Å². The van der Waals surface area contributed by atoms with E-state index in [1.807, 2.05) is 30.3 Å². The fourth-order valence-electron chi connectivity index (χ4n) is 3.30. The zero-order valence-electron chi connectivity index (χ0n) is 15.1. The van der Waals surface area contributed by atoms with E-state index in [1.165, 1.54) is 5.56 Å². The molecular formula is C21H21N3O3. The first-order chi connectivity index (χ1) is 13.2. The van der Waals surface area contributed by atoms with Gasteiger partial charge in [0.05, 0.1) is 17.6 Å². The average Bonchev–Trinajstić information content (AvgIpc) is 3.25. The number of para-hydroxylation sites is 2. The molecule has 0 aliphatic carbocycles. The van der Waals surface area contributed by atoms with E-state index in [4.69, 9.17) is 4.74 Å². The number of hydrogen-bond acceptors (Lipinski definition) is 3. The Morgan fingerprint density at radius 3 is 2.78 bits per heavy atom. The van der Waals surface area contributed by atoms with Crippen molar-refractivity contribution in [3.05, 3.63) is 70.3 Å². The van der Waals surface area contributed by atoms with Crippen molar-refractivity contribution in [2.45, 2.75) is 26.3 Å². The number of aromatic nitrogens is 3. The molecule has 2 N–H and O–H groups in total. The first-order valence-corrected chi connectivity index (χ1v) is 9.12. The Morgan fingerprint density at radius 1 is 1.07 bits per heavy atom. The van der Waals surface area contributed by atoms with E-state index < -0.39 is 0 Å². The van der Waals surface area contributed by atoms with Crippen LogP contribution in [0.1, 0.15) is 29.4 Å². The molecule has 0 unspecified atom stereocenters. The molecule has 27 heavy (non-hydrogen) atoms. The van der Waals surface area contributed by atoms with Gasteiger partial charge in [-0.05, 0) is 42.7 Å². The Hall–Kier alpha value is -3.28. The van der Waals surface area contributed by atoms with Crippen LogP contribution in [0.5, 0.6) is 0 Å². The second-order valence-corrected chi connectivity index (χ2v) is 6.55. The van der Waals surface area contributed by atoms with Crippen LogP contribution in [0.3, 0.4) is 0 Å². The molecule has 138 valence electrons. The second kappa shape index (κ2) is 7.15. The molecule has 4 rings (SSSR count). The number of nitrogens with one attached hydrogen (secondary N) is 2. The number of carbonyl (C=O) groups is 1. The molecule has 2 heterocycles. The van der Waals surface area contributed by atoms with E-state index in [9.17, 15) is 9.59 Å². The van der Waals surface area contributed by atoms with Crippen LogP contribution in [0.4, 0.5) is 0 Å². The highest BCUT2D eigenvalue weighted by molar-refractivity contribution is 5.94. The van der Waals surface area contributed by atoms with Crippen molar-refractivity contribution in [2.75, 3.05) is 6.61 Å². The maximum absolute atomic E-state index is 12.3. The van der Waals surface area contributed by atoms with Crippen LogP contribution < -0.4 is 5.69 Å². The van der Waals surface area contributed by atoms with Crippen molar-refractivity contribution in [3.63, 3.8) is 0 Å². The second-order valence-electron chi connectivity index (χ2n) is 6.55. The van der Waals surface area contributed by atoms with Crippen LogP contribution in [0.2, 0.25) is 0 Å². The SMILES string of the molecule is CCc1ccc2cc(C(=O)OCCCn3c(=O)[nH]c4ccccc43)[nH]c2c1. The maximum atomic E-state index is 12.3. The van der Waals surface area contributed by atoms with E-state index in [1.54, 1.807) is 10.6 Å². The molecule has 0 spiro atoms. The Morgan fingerprint density at radius 2 is 1.93 bits per heavy atom. The van der Waals surface area contributed by atoms with Crippen LogP contribution in [0.15, 0.2) is 53.3 Å². The van der Waals surface area contributed by atoms with E-state index in [2.05, 4.69) is 29.0 Å². The molecule has 6 nitrogen and oxygen atoms in total. The summed E-state index contributed by atoms with van der Waals surface area (Å²) in [6.45, 7) is 2.83. The van der Waals surface area contributed by atoms with Gasteiger partial charge in [0.1, 0.15) is 5.69 Å². The van der Waals surface area contributed by atoms with Gasteiger partial charge >= 0.3 is 11.7 Å². The molecule has 0 saturated carbocycles. The molecule has 6 heteroatoms. The van der Waals surface area contributed by atoms with Crippen molar-refractivity contribution < 1.29 is 9.53 Å². The van der Waals surface area contributed by atoms with Gasteiger partial charge in [0, 0.05) is 17.4 Å². The number of imidazole rings is 1. The molecule has 0 bridgehead atoms. The molecule has 0 fully saturated rings. The van der Waals surface area contributed by atoms with Crippen LogP contribution >= 0.6 is 0 Å². The normalized spacial score (nSPS) is 11.3. The van der Waals surface area contributed by atoms with E-state index in [-0.39, 0.29) is 18.3 Å². The highest BCUT2D eigenvalue weighted by Crippen LogP contribution is 2.18. The first-order valence-electron chi connectivity index (χ1n) is 9.12. The van der Waals surface area contributed by atoms with Crippen molar-refractivity contribution in [1.29, 1.82) is 0 Å². The number of benzene rings is 2. The summed E-state index contributed by atoms with van der Waals surface area (Å²) < 4.78 is 7.03. The first kappa shape index (κ1) is 17.1. The van der Waals surface area contributed by atoms with Crippen LogP contribution in [-0.4, -0.2) is 27.1 Å². The summed E-state index contributed by atoms with van der Waals surface area (Å²) in [7, 11) is 0. The van der Waals surface area contributed by atoms with Crippen LogP contribution in [-0.2, 0) is 17.7 Å². The molecule has 0 saturated heterocycles. The molecule has 0 radical (unpaired) electrons. The summed E-state index contributed by atoms with van der Waals surface area (Å²) in [4.78, 5) is 30.3. The van der Waals surface area contributed by atoms with Gasteiger partial charge in [0.2, 0.25) is 0 Å². The number of aromatic amines is 2. The number of H-pyrrole nitrogens is 2. The van der Waals surface area contributed by atoms with Crippen molar-refractivity contribution in [3.8, 4) is 0 Å². The Bertz CT molecular complexity index is 1170. The van der Waals surface area contributed by atoms with Crippen molar-refractivity contribution >= 4 is 27.9 Å². The molecule has 0 atom stereocenters. The summed E-state index contributed by atoms with van der Waals surface area (Å²) in [6, 6.07) is 15.5. The lowest BCUT2D eigenvalue weighted by Gasteiger charge is -2.05. The van der Waals surface area contributed by atoms with E-state index >= 15 is 0 Å². The van der Waals surface area contributed by atoms with Gasteiger partial charge in [-0.15, -0.1) is 0 Å². The Labute approximate surface area is 155 Å². The summed E-state index contributed by atoms with van der Waals surface area (Å²) in [5.41, 5.74) is 4.12. The summed E-state index contributed by atoms with van der Waals surface area (Å²) in [5.74, 6) is -0.379. The van der Waals surface area contributed by atoms with Crippen molar-refractivity contribution in [1.82, 2.24) is 14.5 Å². The van der Waals surface area contributed by atoms with Gasteiger partial charge < -0.3 is 14.7 Å². The smallest absolute Gasteiger partial charge is 0.354 e. The number of rotatable bonds is 6. The zero-order chi connectivity index (χ0) is 18.8. The standard InChI is InChI=1S/C21H21N3O3/c1-2-14-8-9-15-13-18(22-17(15)12-14)20(25)27-11-5-10-24-19-7-4-3-6-16(19)23-21(24)26/h3-4,6-9,12-13,22H,2,5,10-11H2,1H3,(H,23,26). The summed E-state index contributed by atoms with van der Waals surface area (Å²) in [6.07, 6.45) is 1.51. The number of fused-ring (bicyclic) bond motifs is 2. The fraction of sp³-hybridized carbons (Fsp3) is 0.238. The van der Waals surface area contributed by atoms with Crippen molar-refractivity contribution in [2.24, 2.45) is 0 Å². The van der Waals surface area contributed by atoms with Crippen LogP contribution in [0, 0.1) is 0 Å². The fourth-order valence-corrected chi connectivity index (χ4v) is 3.30. The minimum atomic E-state index is -0.379. The van der Waals surface area contributed by atoms with Gasteiger partial charge in [0.15, 0.2) is 0 Å². The number of nitrogens with zero attached hydrogens (tertiary/aromatic N) is 1. The highest BCUT2D eigenvalue weighted by Gasteiger charge is 2.12. The average molecular weight is 363 g/mol. The topological polar surface area (TPSA) is 79.9 Å². The molecule has 0 amide bonds. The minimum absolute atomic E-state index is 0.148. The summed E-state index contributed by atoms with van der Waals surface area (Å²) >= 11 is 0. The molecule has 0 aliphatic rings. The quantitative estimate of drug-likeness (QED) is 0.406. The Balaban J connectivity index is 1.38. The largest absolute Gasteiger partial charge is 0.461 e. The molecular weight excluding hydrogens is 342 g/mol. The third-order valence-electron chi connectivity index (χ3n) is 4.76. The lowest BCUT2D eigenvalue weighted by atomic mass is 10.1. The molecule has 2 aromatic carbocycles. The number of esters is 1. The van der Waals surface area contributed by atoms with E-state index in [0.717, 1.165) is 28.4 Å². The number of hydrogen-bond donors (Lipinski definition) is 2. The third-order valence-corrected chi connectivity index (χ3v) is 4.76. The van der Waals surface area contributed by atoms with Crippen LogP contribution in [0.25, 0.3) is 21.9 Å². The highest BCUT2D eigenvalue weighted by atomic mass is 16.5. The summed E-state index contributed by atoms with van der Waals surface area (Å²) in [5, 5.41) is 0.990. The van der Waals surface area contributed by atoms with E-state index in [0.29, 0.717) is 18.7 Å². The number of aryl methyl sites for hydroxylation is 2. The molecule has 2 aromatic heterocycles.